The average Bonchev–Trinajstić information content (AvgIpc) is 3.53. The summed E-state index contributed by atoms with van der Waals surface area (Å²) >= 11 is 0. The number of aryl methyl sites for hydroxylation is 1. The molecule has 0 saturated carbocycles. The van der Waals surface area contributed by atoms with Crippen molar-refractivity contribution in [3.63, 3.8) is 0 Å². The van der Waals surface area contributed by atoms with E-state index in [2.05, 4.69) is 45.7 Å². The first kappa shape index (κ1) is 25.4. The van der Waals surface area contributed by atoms with Crippen LogP contribution in [-0.2, 0) is 20.1 Å². The Morgan fingerprint density at radius 2 is 1.92 bits per heavy atom. The molecule has 36 heavy (non-hydrogen) atoms. The number of nitrogens with zero attached hydrogens (tertiary/aromatic N) is 4. The molecule has 0 amide bonds. The zero-order valence-electron chi connectivity index (χ0n) is 20.2. The largest absolute Gasteiger partial charge is 0.493 e. The predicted molar refractivity (Wildman–Crippen MR) is 138 cm³/mol. The van der Waals surface area contributed by atoms with Gasteiger partial charge in [-0.2, -0.15) is 6.07 Å². The molecule has 0 fully saturated rings. The Bertz CT molecular complexity index is 1560. The smallest absolute Gasteiger partial charge is 0.465 e. The second kappa shape index (κ2) is 11.8. The molecular formula is C30H26IrN4O. The summed E-state index contributed by atoms with van der Waals surface area (Å²) in [6.45, 7) is 5.21. The van der Waals surface area contributed by atoms with E-state index in [0.29, 0.717) is 5.71 Å². The Morgan fingerprint density at radius 3 is 2.69 bits per heavy atom. The molecule has 4 heterocycles. The van der Waals surface area contributed by atoms with Crippen LogP contribution >= 0.6 is 0 Å². The molecule has 6 heteroatoms. The van der Waals surface area contributed by atoms with E-state index < -0.39 is 0 Å². The van der Waals surface area contributed by atoms with Crippen LogP contribution in [-0.4, -0.2) is 31.7 Å². The summed E-state index contributed by atoms with van der Waals surface area (Å²) < 4.78 is 9.83. The summed E-state index contributed by atoms with van der Waals surface area (Å²) in [7, 11) is 0. The number of fused-ring (bicyclic) bond motifs is 3. The molecule has 3 aromatic heterocycles. The first-order valence-corrected chi connectivity index (χ1v) is 11.8. The maximum absolute atomic E-state index is 5.82. The Hall–Kier alpha value is -3.69. The number of hydrogen-bond donors (Lipinski definition) is 0. The van der Waals surface area contributed by atoms with Gasteiger partial charge in [-0.3, -0.25) is 0 Å². The standard InChI is InChI=1S/C18H16N3O.C12H10N.Ir/c1-2-3-9-20-10-11-21(13-20)14-6-7-15-16-5-4-8-19-18(16)22-17(15)12-14;1-10-7-8-12(13-9-10)11-5-3-2-4-6-11;/h4-5,7-8,10-12H,2-3,9H2,1H3;2-5,7-9H,1H3;/q+1;-1;. The number of hydrogen-bond acceptors (Lipinski definition) is 3. The first-order chi connectivity index (χ1) is 17.2. The summed E-state index contributed by atoms with van der Waals surface area (Å²) in [6, 6.07) is 29.6. The quantitative estimate of drug-likeness (QED) is 0.156. The normalized spacial score (nSPS) is 12.1. The average molecular weight is 651 g/mol. The number of pyridine rings is 2. The van der Waals surface area contributed by atoms with Crippen molar-refractivity contribution < 1.29 is 33.7 Å². The fourth-order valence-electron chi connectivity index (χ4n) is 3.80. The van der Waals surface area contributed by atoms with Gasteiger partial charge in [0.05, 0.1) is 0 Å². The Morgan fingerprint density at radius 1 is 1.00 bits per heavy atom. The van der Waals surface area contributed by atoms with Crippen molar-refractivity contribution in [3.05, 3.63) is 103 Å². The summed E-state index contributed by atoms with van der Waals surface area (Å²) in [5, 5.41) is 2.06. The molecule has 1 aliphatic heterocycles. The van der Waals surface area contributed by atoms with Gasteiger partial charge < -0.3 is 9.40 Å². The van der Waals surface area contributed by atoms with E-state index in [-0.39, 0.29) is 20.1 Å². The van der Waals surface area contributed by atoms with Gasteiger partial charge in [0, 0.05) is 44.5 Å². The van der Waals surface area contributed by atoms with Crippen molar-refractivity contribution >= 4 is 33.8 Å². The van der Waals surface area contributed by atoms with Crippen LogP contribution in [0.15, 0.2) is 89.9 Å². The van der Waals surface area contributed by atoms with Gasteiger partial charge in [0.1, 0.15) is 5.69 Å². The zero-order valence-corrected chi connectivity index (χ0v) is 22.6. The monoisotopic (exact) mass is 651 g/mol. The SMILES string of the molecule is CCCC[N+]1=C=[N+](c2[c-]cc3c(c2)oc2ncccc23)C=C1.Cc1ccc(-c2[c-]cccc2)nc1.[Ir]. The maximum atomic E-state index is 5.82. The van der Waals surface area contributed by atoms with E-state index >= 15 is 0 Å². The van der Waals surface area contributed by atoms with E-state index in [1.165, 1.54) is 12.0 Å². The van der Waals surface area contributed by atoms with Gasteiger partial charge in [-0.05, 0) is 29.6 Å². The zero-order chi connectivity index (χ0) is 24.0. The molecule has 0 unspecified atom stereocenters. The van der Waals surface area contributed by atoms with Gasteiger partial charge in [0.2, 0.25) is 11.9 Å². The van der Waals surface area contributed by atoms with Crippen molar-refractivity contribution in [2.24, 2.45) is 0 Å². The van der Waals surface area contributed by atoms with E-state index in [4.69, 9.17) is 4.42 Å². The second-order valence-electron chi connectivity index (χ2n) is 8.37. The molecule has 0 saturated heterocycles. The topological polar surface area (TPSA) is 44.9 Å². The van der Waals surface area contributed by atoms with E-state index in [9.17, 15) is 0 Å². The van der Waals surface area contributed by atoms with Gasteiger partial charge >= 0.3 is 6.01 Å². The molecular weight excluding hydrogens is 625 g/mol. The van der Waals surface area contributed by atoms with Crippen LogP contribution in [0.4, 0.5) is 5.69 Å². The van der Waals surface area contributed by atoms with Gasteiger partial charge in [0.25, 0.3) is 6.20 Å². The van der Waals surface area contributed by atoms with Gasteiger partial charge in [-0.15, -0.1) is 42.0 Å². The molecule has 0 N–H and O–H groups in total. The van der Waals surface area contributed by atoms with Crippen LogP contribution in [0.1, 0.15) is 25.3 Å². The van der Waals surface area contributed by atoms with Gasteiger partial charge in [-0.25, -0.2) is 4.98 Å². The minimum absolute atomic E-state index is 0. The minimum atomic E-state index is 0. The third-order valence-corrected chi connectivity index (χ3v) is 5.71. The van der Waals surface area contributed by atoms with Gasteiger partial charge in [-0.1, -0.05) is 52.1 Å². The number of benzene rings is 2. The first-order valence-electron chi connectivity index (χ1n) is 11.8. The number of rotatable bonds is 5. The van der Waals surface area contributed by atoms with E-state index in [1.54, 1.807) is 6.20 Å². The van der Waals surface area contributed by atoms with E-state index in [0.717, 1.165) is 46.3 Å². The summed E-state index contributed by atoms with van der Waals surface area (Å²) in [5.74, 6) is 0. The van der Waals surface area contributed by atoms with E-state index in [1.807, 2.05) is 84.7 Å². The molecule has 0 bridgehead atoms. The summed E-state index contributed by atoms with van der Waals surface area (Å²) in [5.41, 5.74) is 5.61. The Labute approximate surface area is 224 Å². The fraction of sp³-hybridized carbons (Fsp3) is 0.167. The van der Waals surface area contributed by atoms with Crippen LogP contribution in [0.3, 0.4) is 0 Å². The number of aromatic nitrogens is 2. The number of unbranched alkanes of at least 4 members (excludes halogenated alkanes) is 1. The van der Waals surface area contributed by atoms with Crippen molar-refractivity contribution in [1.29, 1.82) is 0 Å². The molecule has 1 aliphatic rings. The molecule has 6 rings (SSSR count). The van der Waals surface area contributed by atoms with Gasteiger partial charge in [0.15, 0.2) is 6.54 Å². The second-order valence-corrected chi connectivity index (χ2v) is 8.37. The summed E-state index contributed by atoms with van der Waals surface area (Å²) in [6.07, 6.45) is 9.98. The Balaban J connectivity index is 0.000000187. The maximum Gasteiger partial charge on any atom is 0.493 e. The molecule has 0 spiro atoms. The van der Waals surface area contributed by atoms with Crippen molar-refractivity contribution in [2.75, 3.05) is 6.54 Å². The van der Waals surface area contributed by atoms with Crippen LogP contribution < -0.4 is 0 Å². The van der Waals surface area contributed by atoms with Crippen LogP contribution in [0.2, 0.25) is 0 Å². The molecule has 2 aromatic carbocycles. The van der Waals surface area contributed by atoms with Crippen LogP contribution in [0.5, 0.6) is 0 Å². The van der Waals surface area contributed by atoms with Crippen LogP contribution in [0.25, 0.3) is 33.3 Å². The molecule has 0 aliphatic carbocycles. The molecule has 5 aromatic rings. The third kappa shape index (κ3) is 5.75. The van der Waals surface area contributed by atoms with Crippen molar-refractivity contribution in [2.45, 2.75) is 26.7 Å². The summed E-state index contributed by atoms with van der Waals surface area (Å²) in [4.78, 5) is 8.58. The van der Waals surface area contributed by atoms with Crippen molar-refractivity contribution in [3.8, 4) is 11.3 Å². The fourth-order valence-corrected chi connectivity index (χ4v) is 3.80. The predicted octanol–water partition coefficient (Wildman–Crippen LogP) is 6.75. The molecule has 181 valence electrons. The molecule has 1 radical (unpaired) electrons. The van der Waals surface area contributed by atoms with Crippen molar-refractivity contribution in [1.82, 2.24) is 9.97 Å². The minimum Gasteiger partial charge on any atom is -0.465 e. The van der Waals surface area contributed by atoms with Crippen LogP contribution in [0, 0.1) is 19.1 Å². The number of furan rings is 1. The Kier molecular flexibility index (Phi) is 8.35. The molecule has 5 nitrogen and oxygen atoms in total. The molecule has 0 atom stereocenters. The third-order valence-electron chi connectivity index (χ3n) is 5.71.